The summed E-state index contributed by atoms with van der Waals surface area (Å²) in [4.78, 5) is 0. The van der Waals surface area contributed by atoms with Crippen molar-refractivity contribution in [3.63, 3.8) is 0 Å². The van der Waals surface area contributed by atoms with Gasteiger partial charge in [0.1, 0.15) is 5.82 Å². The number of halogens is 1. The normalized spacial score (nSPS) is 12.6. The maximum Gasteiger partial charge on any atom is 0.123 e. The molecule has 1 aromatic carbocycles. The van der Waals surface area contributed by atoms with Crippen LogP contribution < -0.4 is 5.32 Å². The van der Waals surface area contributed by atoms with Crippen molar-refractivity contribution in [1.82, 2.24) is 15.1 Å². The first-order valence-electron chi connectivity index (χ1n) is 6.25. The number of hydrogen-bond acceptors (Lipinski definition) is 2. The molecule has 0 fully saturated rings. The Morgan fingerprint density at radius 2 is 2.28 bits per heavy atom. The fraction of sp³-hybridized carbons (Fsp3) is 0.357. The number of hydrogen-bond donors (Lipinski definition) is 1. The highest BCUT2D eigenvalue weighted by atomic mass is 19.1. The van der Waals surface area contributed by atoms with Crippen LogP contribution in [0.15, 0.2) is 36.7 Å². The third-order valence-corrected chi connectivity index (χ3v) is 2.91. The van der Waals surface area contributed by atoms with Crippen molar-refractivity contribution in [3.05, 3.63) is 48.0 Å². The van der Waals surface area contributed by atoms with Crippen molar-refractivity contribution in [2.75, 3.05) is 6.54 Å². The van der Waals surface area contributed by atoms with Gasteiger partial charge in [-0.1, -0.05) is 6.92 Å². The topological polar surface area (TPSA) is 29.9 Å². The van der Waals surface area contributed by atoms with E-state index in [1.54, 1.807) is 23.0 Å². The van der Waals surface area contributed by atoms with Gasteiger partial charge in [0, 0.05) is 18.4 Å². The molecule has 1 unspecified atom stereocenters. The maximum absolute atomic E-state index is 13.4. The Hall–Kier alpha value is -1.68. The molecule has 3 nitrogen and oxygen atoms in total. The van der Waals surface area contributed by atoms with Crippen molar-refractivity contribution < 1.29 is 4.39 Å². The van der Waals surface area contributed by atoms with Crippen molar-refractivity contribution in [3.8, 4) is 5.69 Å². The minimum Gasteiger partial charge on any atom is -0.310 e. The first-order valence-corrected chi connectivity index (χ1v) is 6.25. The van der Waals surface area contributed by atoms with Gasteiger partial charge in [0.05, 0.1) is 5.69 Å². The molecule has 0 aliphatic carbocycles. The highest BCUT2D eigenvalue weighted by molar-refractivity contribution is 5.42. The number of nitrogens with one attached hydrogen (secondary N) is 1. The summed E-state index contributed by atoms with van der Waals surface area (Å²) in [5, 5.41) is 7.58. The monoisotopic (exact) mass is 247 g/mol. The van der Waals surface area contributed by atoms with Crippen molar-refractivity contribution in [2.45, 2.75) is 26.3 Å². The molecule has 1 N–H and O–H groups in total. The van der Waals surface area contributed by atoms with E-state index in [4.69, 9.17) is 0 Å². The highest BCUT2D eigenvalue weighted by Crippen LogP contribution is 2.22. The molecule has 0 aliphatic rings. The van der Waals surface area contributed by atoms with Crippen LogP contribution in [0.5, 0.6) is 0 Å². The molecule has 0 spiro atoms. The van der Waals surface area contributed by atoms with E-state index in [0.717, 1.165) is 24.2 Å². The Bertz CT molecular complexity index is 494. The SMILES string of the molecule is CCCNC(C)c1cc(F)ccc1-n1cccn1. The molecule has 96 valence electrons. The molecule has 0 aliphatic heterocycles. The zero-order valence-corrected chi connectivity index (χ0v) is 10.7. The lowest BCUT2D eigenvalue weighted by molar-refractivity contribution is 0.558. The zero-order chi connectivity index (χ0) is 13.0. The van der Waals surface area contributed by atoms with Crippen molar-refractivity contribution in [1.29, 1.82) is 0 Å². The number of rotatable bonds is 5. The Kier molecular flexibility index (Phi) is 4.10. The third-order valence-electron chi connectivity index (χ3n) is 2.91. The molecular formula is C14H18FN3. The van der Waals surface area contributed by atoms with Crippen molar-refractivity contribution in [2.24, 2.45) is 0 Å². The lowest BCUT2D eigenvalue weighted by atomic mass is 10.1. The van der Waals surface area contributed by atoms with Crippen LogP contribution in [0.3, 0.4) is 0 Å². The van der Waals surface area contributed by atoms with Crippen LogP contribution in [-0.4, -0.2) is 16.3 Å². The summed E-state index contributed by atoms with van der Waals surface area (Å²) in [6, 6.07) is 6.76. The fourth-order valence-corrected chi connectivity index (χ4v) is 1.96. The molecule has 0 amide bonds. The lowest BCUT2D eigenvalue weighted by Crippen LogP contribution is -2.21. The number of benzene rings is 1. The van der Waals surface area contributed by atoms with Crippen LogP contribution in [0.1, 0.15) is 31.9 Å². The Labute approximate surface area is 107 Å². The summed E-state index contributed by atoms with van der Waals surface area (Å²) < 4.78 is 15.2. The second-order valence-electron chi connectivity index (χ2n) is 4.33. The standard InChI is InChI=1S/C14H18FN3/c1-3-7-16-11(2)13-10-12(15)5-6-14(13)18-9-4-8-17-18/h4-6,8-11,16H,3,7H2,1-2H3. The second-order valence-corrected chi connectivity index (χ2v) is 4.33. The lowest BCUT2D eigenvalue weighted by Gasteiger charge is -2.17. The first-order chi connectivity index (χ1) is 8.72. The molecule has 1 atom stereocenters. The van der Waals surface area contributed by atoms with Gasteiger partial charge < -0.3 is 5.32 Å². The predicted octanol–water partition coefficient (Wildman–Crippen LogP) is 3.07. The van der Waals surface area contributed by atoms with Gasteiger partial charge in [-0.3, -0.25) is 0 Å². The van der Waals surface area contributed by atoms with E-state index in [0.29, 0.717) is 0 Å². The quantitative estimate of drug-likeness (QED) is 0.880. The molecule has 0 radical (unpaired) electrons. The average molecular weight is 247 g/mol. The third kappa shape index (κ3) is 2.76. The Balaban J connectivity index is 2.35. The van der Waals surface area contributed by atoms with Crippen LogP contribution in [0.4, 0.5) is 4.39 Å². The molecular weight excluding hydrogens is 229 g/mol. The van der Waals surface area contributed by atoms with E-state index >= 15 is 0 Å². The molecule has 4 heteroatoms. The van der Waals surface area contributed by atoms with Gasteiger partial charge in [0.25, 0.3) is 0 Å². The predicted molar refractivity (Wildman–Crippen MR) is 70.2 cm³/mol. The molecule has 2 rings (SSSR count). The van der Waals surface area contributed by atoms with Crippen molar-refractivity contribution >= 4 is 0 Å². The van der Waals surface area contributed by atoms with E-state index in [9.17, 15) is 4.39 Å². The minimum absolute atomic E-state index is 0.0971. The van der Waals surface area contributed by atoms with Gasteiger partial charge in [-0.2, -0.15) is 5.10 Å². The van der Waals surface area contributed by atoms with Crippen LogP contribution in [0, 0.1) is 5.82 Å². The molecule has 1 aromatic heterocycles. The molecule has 0 bridgehead atoms. The summed E-state index contributed by atoms with van der Waals surface area (Å²) in [7, 11) is 0. The summed E-state index contributed by atoms with van der Waals surface area (Å²) >= 11 is 0. The molecule has 0 saturated carbocycles. The summed E-state index contributed by atoms with van der Waals surface area (Å²) in [6.45, 7) is 5.06. The molecule has 2 aromatic rings. The average Bonchev–Trinajstić information content (AvgIpc) is 2.89. The summed E-state index contributed by atoms with van der Waals surface area (Å²) in [6.07, 6.45) is 4.64. The highest BCUT2D eigenvalue weighted by Gasteiger charge is 2.12. The molecule has 0 saturated heterocycles. The molecule has 1 heterocycles. The van der Waals surface area contributed by atoms with E-state index < -0.39 is 0 Å². The Morgan fingerprint density at radius 3 is 2.94 bits per heavy atom. The maximum atomic E-state index is 13.4. The van der Waals surface area contributed by atoms with Crippen LogP contribution in [-0.2, 0) is 0 Å². The zero-order valence-electron chi connectivity index (χ0n) is 10.7. The van der Waals surface area contributed by atoms with Crippen LogP contribution >= 0.6 is 0 Å². The van der Waals surface area contributed by atoms with E-state index in [1.807, 2.05) is 19.2 Å². The largest absolute Gasteiger partial charge is 0.310 e. The van der Waals surface area contributed by atoms with Crippen LogP contribution in [0.25, 0.3) is 5.69 Å². The molecule has 18 heavy (non-hydrogen) atoms. The van der Waals surface area contributed by atoms with Gasteiger partial charge >= 0.3 is 0 Å². The Morgan fingerprint density at radius 1 is 1.44 bits per heavy atom. The summed E-state index contributed by atoms with van der Waals surface area (Å²) in [5.41, 5.74) is 1.84. The van der Waals surface area contributed by atoms with E-state index in [2.05, 4.69) is 17.3 Å². The second kappa shape index (κ2) is 5.78. The smallest absolute Gasteiger partial charge is 0.123 e. The minimum atomic E-state index is -0.217. The number of nitrogens with zero attached hydrogens (tertiary/aromatic N) is 2. The number of aromatic nitrogens is 2. The van der Waals surface area contributed by atoms with Gasteiger partial charge in [0.2, 0.25) is 0 Å². The van der Waals surface area contributed by atoms with Gasteiger partial charge in [0.15, 0.2) is 0 Å². The van der Waals surface area contributed by atoms with E-state index in [-0.39, 0.29) is 11.9 Å². The van der Waals surface area contributed by atoms with Gasteiger partial charge in [-0.05, 0) is 49.7 Å². The first kappa shape index (κ1) is 12.8. The van der Waals surface area contributed by atoms with Gasteiger partial charge in [-0.15, -0.1) is 0 Å². The van der Waals surface area contributed by atoms with Gasteiger partial charge in [-0.25, -0.2) is 9.07 Å². The fourth-order valence-electron chi connectivity index (χ4n) is 1.96. The van der Waals surface area contributed by atoms with Crippen LogP contribution in [0.2, 0.25) is 0 Å². The van der Waals surface area contributed by atoms with E-state index in [1.165, 1.54) is 6.07 Å². The summed E-state index contributed by atoms with van der Waals surface area (Å²) in [5.74, 6) is -0.217.